The molecule has 1 fully saturated rings. The SMILES string of the molecule is COC(=O)[C@@H](N)CC1(OC)CC1. The van der Waals surface area contributed by atoms with Crippen LogP contribution in [0.4, 0.5) is 0 Å². The molecular formula is C8H15NO3. The molecule has 0 aliphatic heterocycles. The average molecular weight is 173 g/mol. The topological polar surface area (TPSA) is 61.5 Å². The highest BCUT2D eigenvalue weighted by molar-refractivity contribution is 5.75. The highest BCUT2D eigenvalue weighted by Crippen LogP contribution is 2.42. The van der Waals surface area contributed by atoms with Crippen LogP contribution in [0.1, 0.15) is 19.3 Å². The minimum Gasteiger partial charge on any atom is -0.468 e. The van der Waals surface area contributed by atoms with Crippen molar-refractivity contribution in [1.82, 2.24) is 0 Å². The molecule has 12 heavy (non-hydrogen) atoms. The summed E-state index contributed by atoms with van der Waals surface area (Å²) in [7, 11) is 2.99. The second-order valence-electron chi connectivity index (χ2n) is 3.22. The molecule has 0 heterocycles. The molecule has 0 aromatic carbocycles. The van der Waals surface area contributed by atoms with Crippen LogP contribution in [0.3, 0.4) is 0 Å². The van der Waals surface area contributed by atoms with Gasteiger partial charge in [0.05, 0.1) is 12.7 Å². The van der Waals surface area contributed by atoms with E-state index in [0.29, 0.717) is 6.42 Å². The normalized spacial score (nSPS) is 21.6. The van der Waals surface area contributed by atoms with E-state index < -0.39 is 6.04 Å². The fourth-order valence-corrected chi connectivity index (χ4v) is 1.27. The van der Waals surface area contributed by atoms with Crippen molar-refractivity contribution in [1.29, 1.82) is 0 Å². The van der Waals surface area contributed by atoms with Crippen LogP contribution in [0.2, 0.25) is 0 Å². The molecule has 70 valence electrons. The smallest absolute Gasteiger partial charge is 0.322 e. The van der Waals surface area contributed by atoms with Crippen molar-refractivity contribution in [2.24, 2.45) is 5.73 Å². The fourth-order valence-electron chi connectivity index (χ4n) is 1.27. The van der Waals surface area contributed by atoms with Crippen molar-refractivity contribution >= 4 is 5.97 Å². The molecule has 0 radical (unpaired) electrons. The first-order valence-electron chi connectivity index (χ1n) is 4.02. The second-order valence-corrected chi connectivity index (χ2v) is 3.22. The number of hydrogen-bond donors (Lipinski definition) is 1. The Morgan fingerprint density at radius 2 is 2.17 bits per heavy atom. The standard InChI is InChI=1S/C8H15NO3/c1-11-7(10)6(9)5-8(12-2)3-4-8/h6H,3-5,9H2,1-2H3/t6-/m0/s1. The third kappa shape index (κ3) is 1.95. The van der Waals surface area contributed by atoms with Gasteiger partial charge in [-0.2, -0.15) is 0 Å². The number of rotatable bonds is 4. The molecule has 1 rings (SSSR count). The zero-order chi connectivity index (χ0) is 9.19. The van der Waals surface area contributed by atoms with Crippen LogP contribution in [0.5, 0.6) is 0 Å². The van der Waals surface area contributed by atoms with Gasteiger partial charge < -0.3 is 15.2 Å². The van der Waals surface area contributed by atoms with Crippen molar-refractivity contribution in [3.8, 4) is 0 Å². The lowest BCUT2D eigenvalue weighted by Crippen LogP contribution is -2.36. The van der Waals surface area contributed by atoms with E-state index in [1.54, 1.807) is 7.11 Å². The predicted octanol–water partition coefficient (Wildman–Crippen LogP) is 0.0558. The summed E-state index contributed by atoms with van der Waals surface area (Å²) in [6.45, 7) is 0. The fraction of sp³-hybridized carbons (Fsp3) is 0.875. The Morgan fingerprint density at radius 1 is 1.58 bits per heavy atom. The summed E-state index contributed by atoms with van der Waals surface area (Å²) in [6.07, 6.45) is 2.55. The van der Waals surface area contributed by atoms with Crippen LogP contribution in [-0.4, -0.2) is 31.8 Å². The molecular weight excluding hydrogens is 158 g/mol. The number of carbonyl (C=O) groups is 1. The Hall–Kier alpha value is -0.610. The maximum atomic E-state index is 10.9. The van der Waals surface area contributed by atoms with Gasteiger partial charge in [0.1, 0.15) is 6.04 Å². The van der Waals surface area contributed by atoms with E-state index in [0.717, 1.165) is 12.8 Å². The lowest BCUT2D eigenvalue weighted by Gasteiger charge is -2.16. The average Bonchev–Trinajstić information content (AvgIpc) is 2.84. The molecule has 0 bridgehead atoms. The van der Waals surface area contributed by atoms with Crippen LogP contribution in [0, 0.1) is 0 Å². The van der Waals surface area contributed by atoms with Gasteiger partial charge in [-0.25, -0.2) is 0 Å². The van der Waals surface area contributed by atoms with Crippen LogP contribution < -0.4 is 5.73 Å². The Labute approximate surface area is 72.0 Å². The number of nitrogens with two attached hydrogens (primary N) is 1. The van der Waals surface area contributed by atoms with Gasteiger partial charge in [0.25, 0.3) is 0 Å². The van der Waals surface area contributed by atoms with E-state index in [4.69, 9.17) is 10.5 Å². The van der Waals surface area contributed by atoms with Crippen molar-refractivity contribution in [2.45, 2.75) is 30.9 Å². The van der Waals surface area contributed by atoms with Gasteiger partial charge in [0, 0.05) is 13.5 Å². The van der Waals surface area contributed by atoms with Crippen molar-refractivity contribution in [2.75, 3.05) is 14.2 Å². The summed E-state index contributed by atoms with van der Waals surface area (Å²) in [5.41, 5.74) is 5.44. The highest BCUT2D eigenvalue weighted by atomic mass is 16.5. The van der Waals surface area contributed by atoms with E-state index in [9.17, 15) is 4.79 Å². The molecule has 0 saturated heterocycles. The summed E-state index contributed by atoms with van der Waals surface area (Å²) in [5, 5.41) is 0. The Balaban J connectivity index is 2.35. The lowest BCUT2D eigenvalue weighted by molar-refractivity contribution is -0.143. The van der Waals surface area contributed by atoms with E-state index in [1.165, 1.54) is 7.11 Å². The van der Waals surface area contributed by atoms with Crippen LogP contribution in [-0.2, 0) is 14.3 Å². The minimum absolute atomic E-state index is 0.131. The molecule has 0 amide bonds. The van der Waals surface area contributed by atoms with E-state index in [-0.39, 0.29) is 11.6 Å². The van der Waals surface area contributed by atoms with Crippen LogP contribution in [0.25, 0.3) is 0 Å². The second kappa shape index (κ2) is 3.41. The first-order valence-corrected chi connectivity index (χ1v) is 4.02. The molecule has 0 unspecified atom stereocenters. The van der Waals surface area contributed by atoms with Crippen LogP contribution in [0.15, 0.2) is 0 Å². The summed E-state index contributed by atoms with van der Waals surface area (Å²) >= 11 is 0. The first-order chi connectivity index (χ1) is 5.63. The summed E-state index contributed by atoms with van der Waals surface area (Å²) < 4.78 is 9.74. The van der Waals surface area contributed by atoms with Gasteiger partial charge in [0.2, 0.25) is 0 Å². The van der Waals surface area contributed by atoms with E-state index in [2.05, 4.69) is 4.74 Å². The third-order valence-electron chi connectivity index (χ3n) is 2.34. The highest BCUT2D eigenvalue weighted by Gasteiger charge is 2.45. The zero-order valence-corrected chi connectivity index (χ0v) is 7.50. The number of hydrogen-bond acceptors (Lipinski definition) is 4. The molecule has 4 nitrogen and oxygen atoms in total. The Bertz CT molecular complexity index is 177. The molecule has 0 spiro atoms. The Kier molecular flexibility index (Phi) is 2.69. The molecule has 1 aliphatic rings. The molecule has 0 aromatic rings. The van der Waals surface area contributed by atoms with Crippen LogP contribution >= 0.6 is 0 Å². The molecule has 4 heteroatoms. The minimum atomic E-state index is -0.544. The molecule has 1 aliphatic carbocycles. The number of methoxy groups -OCH3 is 2. The molecule has 1 saturated carbocycles. The van der Waals surface area contributed by atoms with Crippen molar-refractivity contribution in [3.63, 3.8) is 0 Å². The van der Waals surface area contributed by atoms with Gasteiger partial charge >= 0.3 is 5.97 Å². The largest absolute Gasteiger partial charge is 0.468 e. The van der Waals surface area contributed by atoms with E-state index >= 15 is 0 Å². The predicted molar refractivity (Wildman–Crippen MR) is 43.6 cm³/mol. The quantitative estimate of drug-likeness (QED) is 0.610. The maximum Gasteiger partial charge on any atom is 0.322 e. The first kappa shape index (κ1) is 9.48. The summed E-state index contributed by atoms with van der Waals surface area (Å²) in [4.78, 5) is 10.9. The van der Waals surface area contributed by atoms with Gasteiger partial charge in [0.15, 0.2) is 0 Å². The number of carbonyl (C=O) groups excluding carboxylic acids is 1. The maximum absolute atomic E-state index is 10.9. The monoisotopic (exact) mass is 173 g/mol. The summed E-state index contributed by atoms with van der Waals surface area (Å²) in [6, 6.07) is -0.544. The Morgan fingerprint density at radius 3 is 2.50 bits per heavy atom. The third-order valence-corrected chi connectivity index (χ3v) is 2.34. The van der Waals surface area contributed by atoms with Crippen molar-refractivity contribution < 1.29 is 14.3 Å². The van der Waals surface area contributed by atoms with Gasteiger partial charge in [-0.05, 0) is 12.8 Å². The van der Waals surface area contributed by atoms with Gasteiger partial charge in [-0.3, -0.25) is 4.79 Å². The summed E-state index contributed by atoms with van der Waals surface area (Å²) in [5.74, 6) is -0.363. The van der Waals surface area contributed by atoms with Gasteiger partial charge in [-0.15, -0.1) is 0 Å². The number of esters is 1. The van der Waals surface area contributed by atoms with Crippen molar-refractivity contribution in [3.05, 3.63) is 0 Å². The molecule has 2 N–H and O–H groups in total. The van der Waals surface area contributed by atoms with E-state index in [1.807, 2.05) is 0 Å². The number of ether oxygens (including phenoxy) is 2. The molecule has 1 atom stereocenters. The van der Waals surface area contributed by atoms with Gasteiger partial charge in [-0.1, -0.05) is 0 Å². The molecule has 0 aromatic heterocycles. The lowest BCUT2D eigenvalue weighted by atomic mass is 10.1. The zero-order valence-electron chi connectivity index (χ0n) is 7.50.